The summed E-state index contributed by atoms with van der Waals surface area (Å²) in [5, 5.41) is 22.4. The number of unbranched alkanes of at least 4 members (excludes halogenated alkanes) is 3. The number of carbonyl (C=O) groups excluding carboxylic acids is 1. The van der Waals surface area contributed by atoms with E-state index in [-0.39, 0.29) is 18.4 Å². The molecule has 32 heteroatoms. The van der Waals surface area contributed by atoms with Crippen molar-refractivity contribution in [2.24, 2.45) is 5.73 Å². The number of nitrogens with two attached hydrogens (primary N) is 1. The topological polar surface area (TPSA) is 396 Å². The molecule has 0 bridgehead atoms. The van der Waals surface area contributed by atoms with Gasteiger partial charge in [-0.15, -0.1) is 0 Å². The predicted molar refractivity (Wildman–Crippen MR) is 153 cm³/mol. The van der Waals surface area contributed by atoms with Gasteiger partial charge >= 0.3 is 46.9 Å². The summed E-state index contributed by atoms with van der Waals surface area (Å²) in [5.41, 5.74) is 5.45. The highest BCUT2D eigenvalue weighted by Crippen LogP contribution is 2.75. The first-order valence-electron chi connectivity index (χ1n) is 13.1. The highest BCUT2D eigenvalue weighted by atomic mass is 31.3. The second kappa shape index (κ2) is 17.5. The maximum atomic E-state index is 12.2. The zero-order chi connectivity index (χ0) is 36.8. The Kier molecular flexibility index (Phi) is 16.0. The average Bonchev–Trinajstić information content (AvgIpc) is 3.23. The lowest BCUT2D eigenvalue weighted by Gasteiger charge is -2.35. The molecule has 0 aromatic carbocycles. The van der Waals surface area contributed by atoms with Gasteiger partial charge in [-0.2, -0.15) is 21.6 Å². The van der Waals surface area contributed by atoms with Crippen molar-refractivity contribution in [3.8, 4) is 0 Å². The zero-order valence-electron chi connectivity index (χ0n) is 24.5. The van der Waals surface area contributed by atoms with Crippen LogP contribution in [0.5, 0.6) is 0 Å². The van der Waals surface area contributed by atoms with Gasteiger partial charge in [0.25, 0.3) is 5.91 Å². The van der Waals surface area contributed by atoms with Crippen molar-refractivity contribution in [2.45, 2.75) is 63.8 Å². The van der Waals surface area contributed by atoms with E-state index in [0.717, 1.165) is 4.90 Å². The van der Waals surface area contributed by atoms with Crippen LogP contribution >= 0.6 is 46.9 Å². The maximum absolute atomic E-state index is 12.2. The minimum atomic E-state index is -6.43. The van der Waals surface area contributed by atoms with E-state index in [0.29, 0.717) is 25.8 Å². The van der Waals surface area contributed by atoms with Crippen LogP contribution in [0.15, 0.2) is 11.8 Å². The summed E-state index contributed by atoms with van der Waals surface area (Å²) < 4.78 is 104. The smallest absolute Gasteiger partial charge is 0.390 e. The van der Waals surface area contributed by atoms with Crippen LogP contribution in [-0.4, -0.2) is 94.9 Å². The van der Waals surface area contributed by atoms with E-state index in [1.54, 1.807) is 0 Å². The van der Waals surface area contributed by atoms with Gasteiger partial charge in [0.05, 0.1) is 19.3 Å². The largest absolute Gasteiger partial charge is 0.490 e. The quantitative estimate of drug-likeness (QED) is 0.0550. The summed E-state index contributed by atoms with van der Waals surface area (Å²) in [5.74, 6) is -0.597. The van der Waals surface area contributed by atoms with Gasteiger partial charge in [-0.25, -0.2) is 27.4 Å². The Labute approximate surface area is 271 Å². The van der Waals surface area contributed by atoms with E-state index in [4.69, 9.17) is 10.5 Å². The molecule has 0 spiro atoms. The average molecular weight is 823 g/mol. The number of rotatable bonds is 21. The molecular formula is C16H35N3O23P6. The Morgan fingerprint density at radius 3 is 1.75 bits per heavy atom. The van der Waals surface area contributed by atoms with Crippen molar-refractivity contribution in [1.29, 1.82) is 0 Å². The number of hydrogen-bond acceptors (Lipinski definition) is 19. The first-order valence-corrected chi connectivity index (χ1v) is 22.0. The molecule has 2 aliphatic heterocycles. The molecule has 0 aromatic rings. The van der Waals surface area contributed by atoms with Gasteiger partial charge in [0, 0.05) is 18.2 Å². The summed E-state index contributed by atoms with van der Waals surface area (Å²) in [7, 11) is -36.5. The molecule has 26 nitrogen and oxygen atoms in total. The van der Waals surface area contributed by atoms with E-state index in [2.05, 4.69) is 35.9 Å². The lowest BCUT2D eigenvalue weighted by molar-refractivity contribution is -0.143. The van der Waals surface area contributed by atoms with Crippen molar-refractivity contribution >= 4 is 52.8 Å². The Morgan fingerprint density at radius 1 is 0.792 bits per heavy atom. The van der Waals surface area contributed by atoms with E-state index in [9.17, 15) is 71.8 Å². The molecule has 10 atom stereocenters. The summed E-state index contributed by atoms with van der Waals surface area (Å²) in [4.78, 5) is 70.3. The van der Waals surface area contributed by atoms with E-state index in [1.165, 1.54) is 13.1 Å². The summed E-state index contributed by atoms with van der Waals surface area (Å²) in [6, 6.07) is 0. The second-order valence-corrected chi connectivity index (χ2v) is 19.0. The van der Waals surface area contributed by atoms with Crippen LogP contribution in [0.1, 0.15) is 39.0 Å². The first-order chi connectivity index (χ1) is 21.8. The zero-order valence-corrected chi connectivity index (χ0v) is 29.8. The van der Waals surface area contributed by atoms with Crippen molar-refractivity contribution in [2.75, 3.05) is 19.8 Å². The lowest BCUT2D eigenvalue weighted by atomic mass is 10.2. The third-order valence-corrected chi connectivity index (χ3v) is 14.8. The molecule has 2 heterocycles. The molecule has 11 N–H and O–H groups in total. The fourth-order valence-electron chi connectivity index (χ4n) is 3.65. The monoisotopic (exact) mass is 823 g/mol. The molecule has 1 fully saturated rings. The number of phosphoric ester groups is 2. The van der Waals surface area contributed by atoms with Gasteiger partial charge < -0.3 is 60.3 Å². The highest BCUT2D eigenvalue weighted by molar-refractivity contribution is 7.72. The molecule has 2 rings (SSSR count). The molecule has 1 amide bonds. The number of phosphoric acid groups is 6. The van der Waals surface area contributed by atoms with Crippen molar-refractivity contribution in [3.63, 3.8) is 0 Å². The normalized spacial score (nSPS) is 29.3. The molecule has 8 unspecified atom stereocenters. The van der Waals surface area contributed by atoms with Gasteiger partial charge in [-0.1, -0.05) is 12.8 Å². The van der Waals surface area contributed by atoms with Crippen LogP contribution < -0.4 is 11.1 Å². The number of aliphatic hydroxyl groups excluding tert-OH is 2. The number of nitrogens with one attached hydrogen (secondary N) is 1. The molecule has 1 saturated heterocycles. The minimum absolute atomic E-state index is 0.152. The van der Waals surface area contributed by atoms with E-state index >= 15 is 0 Å². The van der Waals surface area contributed by atoms with Crippen molar-refractivity contribution < 1.29 is 107 Å². The summed E-state index contributed by atoms with van der Waals surface area (Å²) in [6.45, 7) is 0.236. The SMILES string of the molecule is CC1=CN([C@H]2CC(O)[C@@H](COP(=O)(O)OP(=O)(O)OP(=O)(O)OP(=O)(O)OP(=O)(O)OP(=O)(O)OCCCCCCN)O2)C(O)NC1=O. The fraction of sp³-hybridized carbons (Fsp3) is 0.812. The number of nitrogens with zero attached hydrogens (tertiary/aromatic N) is 1. The van der Waals surface area contributed by atoms with Gasteiger partial charge in [0.1, 0.15) is 12.3 Å². The van der Waals surface area contributed by atoms with Crippen LogP contribution in [0.3, 0.4) is 0 Å². The molecular weight excluding hydrogens is 788 g/mol. The van der Waals surface area contributed by atoms with Crippen LogP contribution in [0, 0.1) is 0 Å². The molecule has 0 radical (unpaired) electrons. The second-order valence-electron chi connectivity index (χ2n) is 9.59. The molecule has 0 saturated carbocycles. The number of hydrogen-bond donors (Lipinski definition) is 10. The molecule has 2 aliphatic rings. The Balaban J connectivity index is 1.92. The molecule has 48 heavy (non-hydrogen) atoms. The van der Waals surface area contributed by atoms with Gasteiger partial charge in [-0.3, -0.25) is 13.8 Å². The Bertz CT molecular complexity index is 1460. The van der Waals surface area contributed by atoms with Crippen LogP contribution in [0.25, 0.3) is 0 Å². The van der Waals surface area contributed by atoms with E-state index in [1.807, 2.05) is 0 Å². The molecule has 0 aliphatic carbocycles. The molecule has 0 aromatic heterocycles. The number of carbonyl (C=O) groups is 1. The van der Waals surface area contributed by atoms with Gasteiger partial charge in [0.15, 0.2) is 0 Å². The van der Waals surface area contributed by atoms with E-state index < -0.39 is 90.8 Å². The molecule has 282 valence electrons. The van der Waals surface area contributed by atoms with Crippen LogP contribution in [0.2, 0.25) is 0 Å². The fourth-order valence-corrected chi connectivity index (χ4v) is 11.5. The third-order valence-electron chi connectivity index (χ3n) is 5.57. The van der Waals surface area contributed by atoms with Crippen molar-refractivity contribution in [3.05, 3.63) is 11.8 Å². The van der Waals surface area contributed by atoms with Gasteiger partial charge in [0.2, 0.25) is 6.35 Å². The number of ether oxygens (including phenoxy) is 1. The minimum Gasteiger partial charge on any atom is -0.390 e. The third kappa shape index (κ3) is 15.5. The van der Waals surface area contributed by atoms with Crippen LogP contribution in [-0.2, 0) is 67.5 Å². The Hall–Kier alpha value is -0.290. The maximum Gasteiger partial charge on any atom is 0.490 e. The van der Waals surface area contributed by atoms with Gasteiger partial charge in [-0.05, 0) is 26.3 Å². The number of aliphatic hydroxyl groups is 2. The summed E-state index contributed by atoms with van der Waals surface area (Å²) >= 11 is 0. The lowest BCUT2D eigenvalue weighted by Crippen LogP contribution is -2.53. The van der Waals surface area contributed by atoms with Crippen molar-refractivity contribution in [1.82, 2.24) is 10.2 Å². The number of amides is 1. The Morgan fingerprint density at radius 2 is 1.25 bits per heavy atom. The standard InChI is InChI=1S/C16H35N3O23P6/c1-11-9-19(16(22)18-15(11)21)14-8-12(20)13(37-14)10-36-44(25,26)39-46(29,30)41-48(33,34)42-47(31,32)40-45(27,28)38-43(23,24)35-7-5-3-2-4-6-17/h9,12-14,16,20,22H,2-8,10,17H2,1H3,(H,18,21)(H,23,24)(H,25,26)(H,27,28)(H,29,30)(H,31,32)(H,33,34)/t12?,13-,14-,16?/m1/s1. The predicted octanol–water partition coefficient (Wildman–Crippen LogP) is 0.311. The summed E-state index contributed by atoms with van der Waals surface area (Å²) in [6.07, 6.45) is -2.76. The van der Waals surface area contributed by atoms with Crippen LogP contribution in [0.4, 0.5) is 0 Å². The highest BCUT2D eigenvalue weighted by Gasteiger charge is 2.50. The first kappa shape index (κ1) is 43.9.